The van der Waals surface area contributed by atoms with Gasteiger partial charge in [-0.05, 0) is 49.2 Å². The molecule has 3 aromatic rings. The number of aryl methyl sites for hydroxylation is 2. The average Bonchev–Trinajstić information content (AvgIpc) is 2.60. The molecule has 0 fully saturated rings. The van der Waals surface area contributed by atoms with Crippen molar-refractivity contribution in [1.82, 2.24) is 9.97 Å². The number of amides is 1. The Morgan fingerprint density at radius 2 is 1.76 bits per heavy atom. The van der Waals surface area contributed by atoms with Gasteiger partial charge in [0.15, 0.2) is 0 Å². The molecule has 0 atom stereocenters. The number of nitrogens with one attached hydrogen (secondary N) is 2. The van der Waals surface area contributed by atoms with Gasteiger partial charge in [0.2, 0.25) is 0 Å². The van der Waals surface area contributed by atoms with Gasteiger partial charge in [0, 0.05) is 22.5 Å². The van der Waals surface area contributed by atoms with E-state index in [-0.39, 0.29) is 11.6 Å². The van der Waals surface area contributed by atoms with Gasteiger partial charge < -0.3 is 10.6 Å². The van der Waals surface area contributed by atoms with Crippen LogP contribution in [0.4, 0.5) is 17.2 Å². The van der Waals surface area contributed by atoms with E-state index in [1.807, 2.05) is 38.1 Å². The summed E-state index contributed by atoms with van der Waals surface area (Å²) in [6.07, 6.45) is 1.37. The van der Waals surface area contributed by atoms with Crippen LogP contribution >= 0.6 is 11.6 Å². The molecule has 0 saturated heterocycles. The van der Waals surface area contributed by atoms with Crippen molar-refractivity contribution in [3.63, 3.8) is 0 Å². The van der Waals surface area contributed by atoms with E-state index in [9.17, 15) is 4.79 Å². The van der Waals surface area contributed by atoms with Crippen LogP contribution in [0.25, 0.3) is 0 Å². The first-order valence-electron chi connectivity index (χ1n) is 7.75. The lowest BCUT2D eigenvalue weighted by molar-refractivity contribution is 0.102. The lowest BCUT2D eigenvalue weighted by Crippen LogP contribution is -2.15. The third-order valence-electron chi connectivity index (χ3n) is 3.74. The Morgan fingerprint density at radius 1 is 0.960 bits per heavy atom. The molecular formula is C19H17ClN4O. The number of nitrogens with zero attached hydrogens (tertiary/aromatic N) is 2. The molecule has 0 saturated carbocycles. The molecule has 6 heteroatoms. The Kier molecular flexibility index (Phi) is 4.95. The zero-order valence-corrected chi connectivity index (χ0v) is 14.6. The van der Waals surface area contributed by atoms with Crippen LogP contribution in [0.5, 0.6) is 0 Å². The molecule has 0 unspecified atom stereocenters. The minimum absolute atomic E-state index is 0.278. The Labute approximate surface area is 151 Å². The maximum Gasteiger partial charge on any atom is 0.274 e. The highest BCUT2D eigenvalue weighted by molar-refractivity contribution is 6.30. The first kappa shape index (κ1) is 16.9. The molecule has 0 radical (unpaired) electrons. The van der Waals surface area contributed by atoms with Gasteiger partial charge in [-0.2, -0.15) is 0 Å². The molecule has 2 N–H and O–H groups in total. The van der Waals surface area contributed by atoms with Crippen LogP contribution in [-0.4, -0.2) is 15.9 Å². The number of rotatable bonds is 4. The molecule has 2 aromatic carbocycles. The first-order valence-corrected chi connectivity index (χ1v) is 8.13. The normalized spacial score (nSPS) is 10.4. The molecule has 5 nitrogen and oxygen atoms in total. The fourth-order valence-corrected chi connectivity index (χ4v) is 2.58. The Hall–Kier alpha value is -2.92. The standard InChI is InChI=1S/C19H17ClN4O/c1-12-5-3-4-6-15(12)23-18-10-17(21-11-22-18)19(25)24-16-8-7-14(20)9-13(16)2/h3-11H,1-2H3,(H,24,25)(H,21,22,23). The summed E-state index contributed by atoms with van der Waals surface area (Å²) < 4.78 is 0. The summed E-state index contributed by atoms with van der Waals surface area (Å²) in [6, 6.07) is 14.8. The average molecular weight is 353 g/mol. The van der Waals surface area contributed by atoms with Crippen LogP contribution in [0.2, 0.25) is 5.02 Å². The van der Waals surface area contributed by atoms with Crippen molar-refractivity contribution in [3.8, 4) is 0 Å². The van der Waals surface area contributed by atoms with Gasteiger partial charge in [-0.1, -0.05) is 29.8 Å². The second-order valence-electron chi connectivity index (χ2n) is 5.64. The third kappa shape index (κ3) is 4.14. The van der Waals surface area contributed by atoms with Crippen LogP contribution in [0.15, 0.2) is 54.9 Å². The summed E-state index contributed by atoms with van der Waals surface area (Å²) in [5.41, 5.74) is 3.88. The fraction of sp³-hybridized carbons (Fsp3) is 0.105. The number of benzene rings is 2. The lowest BCUT2D eigenvalue weighted by Gasteiger charge is -2.10. The Morgan fingerprint density at radius 3 is 2.52 bits per heavy atom. The molecular weight excluding hydrogens is 336 g/mol. The van der Waals surface area contributed by atoms with E-state index in [1.165, 1.54) is 6.33 Å². The monoisotopic (exact) mass is 352 g/mol. The van der Waals surface area contributed by atoms with Gasteiger partial charge in [0.05, 0.1) is 0 Å². The zero-order valence-electron chi connectivity index (χ0n) is 13.9. The molecule has 0 aliphatic carbocycles. The van der Waals surface area contributed by atoms with E-state index < -0.39 is 0 Å². The van der Waals surface area contributed by atoms with Crippen molar-refractivity contribution in [2.45, 2.75) is 13.8 Å². The molecule has 1 heterocycles. The highest BCUT2D eigenvalue weighted by atomic mass is 35.5. The summed E-state index contributed by atoms with van der Waals surface area (Å²) in [6.45, 7) is 3.88. The predicted molar refractivity (Wildman–Crippen MR) is 101 cm³/mol. The largest absolute Gasteiger partial charge is 0.340 e. The van der Waals surface area contributed by atoms with Gasteiger partial charge in [0.25, 0.3) is 5.91 Å². The van der Waals surface area contributed by atoms with Crippen LogP contribution in [-0.2, 0) is 0 Å². The molecule has 126 valence electrons. The molecule has 25 heavy (non-hydrogen) atoms. The van der Waals surface area contributed by atoms with E-state index in [1.54, 1.807) is 24.3 Å². The second-order valence-corrected chi connectivity index (χ2v) is 6.08. The first-order chi connectivity index (χ1) is 12.0. The van der Waals surface area contributed by atoms with Crippen molar-refractivity contribution in [2.75, 3.05) is 10.6 Å². The zero-order chi connectivity index (χ0) is 17.8. The number of hydrogen-bond donors (Lipinski definition) is 2. The molecule has 0 aliphatic heterocycles. The number of para-hydroxylation sites is 1. The smallest absolute Gasteiger partial charge is 0.274 e. The molecule has 1 amide bonds. The van der Waals surface area contributed by atoms with Crippen molar-refractivity contribution in [1.29, 1.82) is 0 Å². The number of carbonyl (C=O) groups is 1. The minimum atomic E-state index is -0.305. The number of hydrogen-bond acceptors (Lipinski definition) is 4. The Bertz CT molecular complexity index is 927. The number of halogens is 1. The molecule has 3 rings (SSSR count). The summed E-state index contributed by atoms with van der Waals surface area (Å²) in [5, 5.41) is 6.67. The van der Waals surface area contributed by atoms with E-state index in [2.05, 4.69) is 20.6 Å². The summed E-state index contributed by atoms with van der Waals surface area (Å²) >= 11 is 5.94. The van der Waals surface area contributed by atoms with Crippen molar-refractivity contribution in [3.05, 3.63) is 76.7 Å². The summed E-state index contributed by atoms with van der Waals surface area (Å²) in [4.78, 5) is 20.7. The van der Waals surface area contributed by atoms with E-state index in [4.69, 9.17) is 11.6 Å². The SMILES string of the molecule is Cc1cc(Cl)ccc1NC(=O)c1cc(Nc2ccccc2C)ncn1. The van der Waals surface area contributed by atoms with E-state index >= 15 is 0 Å². The highest BCUT2D eigenvalue weighted by Gasteiger charge is 2.11. The maximum atomic E-state index is 12.5. The summed E-state index contributed by atoms with van der Waals surface area (Å²) in [5.74, 6) is 0.253. The van der Waals surface area contributed by atoms with Crippen molar-refractivity contribution >= 4 is 34.7 Å². The van der Waals surface area contributed by atoms with Crippen LogP contribution in [0.3, 0.4) is 0 Å². The summed E-state index contributed by atoms with van der Waals surface area (Å²) in [7, 11) is 0. The molecule has 0 spiro atoms. The number of anilines is 3. The van der Waals surface area contributed by atoms with Crippen molar-refractivity contribution in [2.24, 2.45) is 0 Å². The van der Waals surface area contributed by atoms with Gasteiger partial charge in [0.1, 0.15) is 17.8 Å². The quantitative estimate of drug-likeness (QED) is 0.711. The van der Waals surface area contributed by atoms with Gasteiger partial charge >= 0.3 is 0 Å². The molecule has 0 bridgehead atoms. The number of carbonyl (C=O) groups excluding carboxylic acids is 1. The van der Waals surface area contributed by atoms with Crippen LogP contribution < -0.4 is 10.6 Å². The number of aromatic nitrogens is 2. The van der Waals surface area contributed by atoms with Gasteiger partial charge in [-0.25, -0.2) is 9.97 Å². The van der Waals surface area contributed by atoms with Crippen molar-refractivity contribution < 1.29 is 4.79 Å². The van der Waals surface area contributed by atoms with Gasteiger partial charge in [-0.3, -0.25) is 4.79 Å². The maximum absolute atomic E-state index is 12.5. The molecule has 1 aromatic heterocycles. The van der Waals surface area contributed by atoms with Crippen LogP contribution in [0.1, 0.15) is 21.6 Å². The lowest BCUT2D eigenvalue weighted by atomic mass is 10.2. The third-order valence-corrected chi connectivity index (χ3v) is 3.98. The van der Waals surface area contributed by atoms with Crippen LogP contribution in [0, 0.1) is 13.8 Å². The molecule has 0 aliphatic rings. The predicted octanol–water partition coefficient (Wildman–Crippen LogP) is 4.74. The topological polar surface area (TPSA) is 66.9 Å². The van der Waals surface area contributed by atoms with E-state index in [0.717, 1.165) is 16.8 Å². The van der Waals surface area contributed by atoms with Gasteiger partial charge in [-0.15, -0.1) is 0 Å². The van der Waals surface area contributed by atoms with E-state index in [0.29, 0.717) is 16.5 Å². The fourth-order valence-electron chi connectivity index (χ4n) is 2.35. The Balaban J connectivity index is 1.79. The second kappa shape index (κ2) is 7.32. The minimum Gasteiger partial charge on any atom is -0.340 e. The highest BCUT2D eigenvalue weighted by Crippen LogP contribution is 2.21.